The summed E-state index contributed by atoms with van der Waals surface area (Å²) in [7, 11) is 0. The van der Waals surface area contributed by atoms with Crippen LogP contribution in [0.5, 0.6) is 0 Å². The first-order valence-corrected chi connectivity index (χ1v) is 27.4. The molecule has 0 aliphatic rings. The number of hydrogen-bond acceptors (Lipinski definition) is 13. The summed E-state index contributed by atoms with van der Waals surface area (Å²) >= 11 is 0. The van der Waals surface area contributed by atoms with E-state index >= 15 is 0 Å². The molecule has 0 N–H and O–H groups in total. The van der Waals surface area contributed by atoms with Crippen molar-refractivity contribution in [2.75, 3.05) is 0 Å². The van der Waals surface area contributed by atoms with Crippen LogP contribution in [0.3, 0.4) is 0 Å². The zero-order valence-corrected chi connectivity index (χ0v) is 47.2. The highest BCUT2D eigenvalue weighted by Gasteiger charge is 2.26. The van der Waals surface area contributed by atoms with Gasteiger partial charge in [-0.2, -0.15) is 0 Å². The topological polar surface area (TPSA) is 182 Å². The van der Waals surface area contributed by atoms with Gasteiger partial charge in [0.25, 0.3) is 0 Å². The Bertz CT molecular complexity index is 4720. The molecule has 7 aromatic carbocycles. The van der Waals surface area contributed by atoms with Gasteiger partial charge in [-0.05, 0) is 164 Å². The first-order chi connectivity index (χ1) is 40.8. The number of benzene rings is 7. The summed E-state index contributed by atoms with van der Waals surface area (Å²) in [5.74, 6) is 7.31. The van der Waals surface area contributed by atoms with Crippen LogP contribution in [-0.2, 0) is 0 Å². The molecule has 402 valence electrons. The van der Waals surface area contributed by atoms with Gasteiger partial charge in [-0.25, -0.2) is 69.6 Å². The molecule has 0 saturated heterocycles. The van der Waals surface area contributed by atoms with Crippen LogP contribution >= 0.6 is 0 Å². The highest BCUT2D eigenvalue weighted by Crippen LogP contribution is 2.46. The van der Waals surface area contributed by atoms with Crippen molar-refractivity contribution in [3.63, 3.8) is 0 Å². The Morgan fingerprint density at radius 3 is 0.881 bits per heavy atom. The molecule has 0 amide bonds. The molecule has 0 unspecified atom stereocenters. The van der Waals surface area contributed by atoms with E-state index in [4.69, 9.17) is 51.4 Å². The molecule has 0 aliphatic heterocycles. The second-order valence-corrected chi connectivity index (χ2v) is 20.9. The number of rotatable bonds is 9. The standard InChI is InChI=1S/C68H50N16/c1-36-70-37(2)75-65(74-36)46-20-24-59-52(28-46)53-29-47(66-76-38(3)71-39(4)77-66)21-25-60(53)83(59)63-34-51(50-32-56(44-16-12-10-13-17-44)82-57(33-50)45-18-14-11-15-19-45)58(69-9)35-64(63)84-61-26-22-48(67-78-40(5)72-41(6)79-67)30-54(61)55-31-49(23-27-62(55)84)68-80-42(7)73-43(8)81-68/h10-35H,1-8H3. The Morgan fingerprint density at radius 2 is 0.583 bits per heavy atom. The number of aromatic nitrogens is 15. The third-order valence-corrected chi connectivity index (χ3v) is 15.0. The lowest BCUT2D eigenvalue weighted by Crippen LogP contribution is -2.05. The molecule has 0 saturated carbocycles. The molecule has 16 nitrogen and oxygen atoms in total. The fourth-order valence-corrected chi connectivity index (χ4v) is 11.5. The second-order valence-electron chi connectivity index (χ2n) is 20.9. The third-order valence-electron chi connectivity index (χ3n) is 15.0. The van der Waals surface area contributed by atoms with Crippen molar-refractivity contribution in [3.05, 3.63) is 216 Å². The van der Waals surface area contributed by atoms with Crippen molar-refractivity contribution < 1.29 is 0 Å². The lowest BCUT2D eigenvalue weighted by atomic mass is 9.97. The molecule has 0 atom stereocenters. The van der Waals surface area contributed by atoms with Crippen molar-refractivity contribution in [2.45, 2.75) is 55.4 Å². The largest absolute Gasteiger partial charge is 0.308 e. The average molecular weight is 1090 g/mol. The van der Waals surface area contributed by atoms with Gasteiger partial charge in [0.05, 0.1) is 51.4 Å². The maximum atomic E-state index is 9.13. The quantitative estimate of drug-likeness (QED) is 0.125. The molecule has 0 spiro atoms. The summed E-state index contributed by atoms with van der Waals surface area (Å²) in [6.45, 7) is 24.2. The monoisotopic (exact) mass is 1090 g/mol. The summed E-state index contributed by atoms with van der Waals surface area (Å²) in [5.41, 5.74) is 13.9. The van der Waals surface area contributed by atoms with E-state index in [0.29, 0.717) is 75.6 Å². The maximum absolute atomic E-state index is 9.13. The van der Waals surface area contributed by atoms with Crippen LogP contribution in [0.15, 0.2) is 158 Å². The van der Waals surface area contributed by atoms with Crippen LogP contribution in [0.1, 0.15) is 46.6 Å². The van der Waals surface area contributed by atoms with Crippen molar-refractivity contribution >= 4 is 49.3 Å². The van der Waals surface area contributed by atoms with E-state index in [0.717, 1.165) is 111 Å². The molecule has 7 heterocycles. The van der Waals surface area contributed by atoms with Gasteiger partial charge in [-0.1, -0.05) is 60.7 Å². The lowest BCUT2D eigenvalue weighted by molar-refractivity contribution is 0.928. The van der Waals surface area contributed by atoms with E-state index in [1.807, 2.05) is 97.9 Å². The number of hydrogen-bond donors (Lipinski definition) is 0. The van der Waals surface area contributed by atoms with Gasteiger partial charge < -0.3 is 9.13 Å². The van der Waals surface area contributed by atoms with Crippen molar-refractivity contribution in [1.82, 2.24) is 73.9 Å². The summed E-state index contributed by atoms with van der Waals surface area (Å²) in [4.78, 5) is 66.2. The van der Waals surface area contributed by atoms with Gasteiger partial charge in [0, 0.05) is 54.9 Å². The fourth-order valence-electron chi connectivity index (χ4n) is 11.5. The summed E-state index contributed by atoms with van der Waals surface area (Å²) in [6.07, 6.45) is 0. The first kappa shape index (κ1) is 51.0. The van der Waals surface area contributed by atoms with Gasteiger partial charge in [-0.3, -0.25) is 0 Å². The third kappa shape index (κ3) is 9.10. The molecule has 84 heavy (non-hydrogen) atoms. The van der Waals surface area contributed by atoms with Gasteiger partial charge in [0.1, 0.15) is 46.6 Å². The van der Waals surface area contributed by atoms with E-state index < -0.39 is 0 Å². The predicted molar refractivity (Wildman–Crippen MR) is 329 cm³/mol. The van der Waals surface area contributed by atoms with Crippen LogP contribution in [0, 0.1) is 62.0 Å². The molecule has 7 aromatic heterocycles. The molecular formula is C68H50N16. The molecule has 0 bridgehead atoms. The Hall–Kier alpha value is -11.2. The number of aryl methyl sites for hydroxylation is 8. The molecule has 0 fully saturated rings. The molecule has 0 radical (unpaired) electrons. The van der Waals surface area contributed by atoms with E-state index in [1.54, 1.807) is 0 Å². The normalized spacial score (nSPS) is 11.6. The molecule has 0 aliphatic carbocycles. The highest BCUT2D eigenvalue weighted by molar-refractivity contribution is 6.14. The summed E-state index contributed by atoms with van der Waals surface area (Å²) in [5, 5.41) is 3.73. The Morgan fingerprint density at radius 1 is 0.286 bits per heavy atom. The van der Waals surface area contributed by atoms with Gasteiger partial charge in [0.2, 0.25) is 0 Å². The SMILES string of the molecule is [C-]#[N+]c1cc(-n2c3ccc(-c4nc(C)nc(C)n4)cc3c3cc(-c4nc(C)nc(C)n4)ccc32)c(-n2c3ccc(-c4nc(C)nc(C)n4)cc3c3cc(-c4nc(C)nc(C)n4)ccc32)cc1-c1cc(-c2ccccc2)nc(-c2ccccc2)c1. The zero-order chi connectivity index (χ0) is 57.5. The number of fused-ring (bicyclic) bond motifs is 6. The second kappa shape index (κ2) is 20.1. The van der Waals surface area contributed by atoms with E-state index in [2.05, 4.69) is 149 Å². The number of nitrogens with zero attached hydrogens (tertiary/aromatic N) is 16. The maximum Gasteiger partial charge on any atom is 0.197 e. The average Bonchev–Trinajstić information content (AvgIpc) is 1.94. The van der Waals surface area contributed by atoms with E-state index in [1.165, 1.54) is 0 Å². The van der Waals surface area contributed by atoms with Crippen molar-refractivity contribution in [3.8, 4) is 90.6 Å². The van der Waals surface area contributed by atoms with Crippen LogP contribution in [-0.4, -0.2) is 73.9 Å². The number of pyridine rings is 1. The van der Waals surface area contributed by atoms with Crippen LogP contribution in [0.2, 0.25) is 0 Å². The van der Waals surface area contributed by atoms with Crippen LogP contribution in [0.25, 0.3) is 139 Å². The van der Waals surface area contributed by atoms with Gasteiger partial charge in [-0.15, -0.1) is 0 Å². The van der Waals surface area contributed by atoms with E-state index in [-0.39, 0.29) is 0 Å². The van der Waals surface area contributed by atoms with E-state index in [9.17, 15) is 0 Å². The minimum atomic E-state index is 0.444. The predicted octanol–water partition coefficient (Wildman–Crippen LogP) is 14.7. The minimum Gasteiger partial charge on any atom is -0.308 e. The van der Waals surface area contributed by atoms with Crippen LogP contribution in [0.4, 0.5) is 5.69 Å². The van der Waals surface area contributed by atoms with Crippen LogP contribution < -0.4 is 0 Å². The smallest absolute Gasteiger partial charge is 0.197 e. The fraction of sp³-hybridized carbons (Fsp3) is 0.118. The summed E-state index contributed by atoms with van der Waals surface area (Å²) < 4.78 is 4.58. The lowest BCUT2D eigenvalue weighted by Gasteiger charge is -2.20. The van der Waals surface area contributed by atoms with Crippen molar-refractivity contribution in [2.24, 2.45) is 0 Å². The molecular weight excluding hydrogens is 1040 g/mol. The summed E-state index contributed by atoms with van der Waals surface area (Å²) in [6, 6.07) is 54.1. The Kier molecular flexibility index (Phi) is 12.2. The Labute approximate surface area is 482 Å². The highest BCUT2D eigenvalue weighted by atomic mass is 15.1. The molecule has 16 heteroatoms. The first-order valence-electron chi connectivity index (χ1n) is 27.4. The molecule has 14 aromatic rings. The zero-order valence-electron chi connectivity index (χ0n) is 47.2. The van der Waals surface area contributed by atoms with Gasteiger partial charge >= 0.3 is 0 Å². The Balaban J connectivity index is 1.12. The van der Waals surface area contributed by atoms with Crippen molar-refractivity contribution in [1.29, 1.82) is 0 Å². The minimum absolute atomic E-state index is 0.444. The molecule has 14 rings (SSSR count). The van der Waals surface area contributed by atoms with Gasteiger partial charge in [0.15, 0.2) is 29.0 Å².